The third kappa shape index (κ3) is 10.1. The summed E-state index contributed by atoms with van der Waals surface area (Å²) in [6, 6.07) is 6.93. The molecule has 0 radical (unpaired) electrons. The summed E-state index contributed by atoms with van der Waals surface area (Å²) in [4.78, 5) is 68.4. The molecule has 4 fully saturated rings. The molecule has 6 atom stereocenters. The Kier molecular flexibility index (Phi) is 14.2. The minimum Gasteiger partial charge on any atom is -0.404 e. The first-order chi connectivity index (χ1) is 26.1. The van der Waals surface area contributed by atoms with E-state index in [1.165, 1.54) is 4.90 Å². The molecule has 55 heavy (non-hydrogen) atoms. The second-order valence-corrected chi connectivity index (χ2v) is 17.3. The molecule has 0 unspecified atom stereocenters. The van der Waals surface area contributed by atoms with Crippen LogP contribution in [0.25, 0.3) is 0 Å². The van der Waals surface area contributed by atoms with Crippen LogP contribution in [0.5, 0.6) is 0 Å². The molecule has 4 N–H and O–H groups in total. The fraction of sp³-hybridized carbons (Fsp3) is 0.725. The van der Waals surface area contributed by atoms with Crippen LogP contribution in [0, 0.1) is 39.2 Å². The number of carbonyl (C=O) groups is 4. The smallest absolute Gasteiger partial charge is 0.404 e. The van der Waals surface area contributed by atoms with Gasteiger partial charge in [-0.1, -0.05) is 77.4 Å². The molecule has 3 aliphatic carbocycles. The summed E-state index contributed by atoms with van der Waals surface area (Å²) in [7, 11) is -0.576. The second kappa shape index (κ2) is 18.4. The van der Waals surface area contributed by atoms with Gasteiger partial charge in [-0.25, -0.2) is 15.1 Å². The van der Waals surface area contributed by atoms with Crippen LogP contribution in [0.3, 0.4) is 0 Å². The Morgan fingerprint density at radius 3 is 2.27 bits per heavy atom. The lowest BCUT2D eigenvalue weighted by Gasteiger charge is -2.64. The van der Waals surface area contributed by atoms with Gasteiger partial charge in [-0.3, -0.25) is 24.1 Å². The van der Waals surface area contributed by atoms with Crippen molar-refractivity contribution in [2.24, 2.45) is 39.8 Å². The Morgan fingerprint density at radius 2 is 1.65 bits per heavy atom. The number of carbonyl (C=O) groups excluding carboxylic acids is 4. The topological polar surface area (TPSA) is 196 Å². The molecule has 3 amide bonds. The Morgan fingerprint density at radius 1 is 1.02 bits per heavy atom. The third-order valence-electron chi connectivity index (χ3n) is 12.6. The van der Waals surface area contributed by atoms with Gasteiger partial charge in [-0.2, -0.15) is 0 Å². The number of Topliss-reactive ketones (excluding diaryl/α,β-unsaturated/α-hetero) is 1. The van der Waals surface area contributed by atoms with E-state index in [4.69, 9.17) is 15.0 Å². The van der Waals surface area contributed by atoms with Crippen molar-refractivity contribution in [2.75, 3.05) is 13.1 Å². The van der Waals surface area contributed by atoms with Crippen molar-refractivity contribution in [3.8, 4) is 0 Å². The lowest BCUT2D eigenvalue weighted by Crippen LogP contribution is -2.65. The number of hydrogen-bond donors (Lipinski definition) is 3. The molecular weight excluding hydrogens is 703 g/mol. The number of unbranched alkanes of at least 4 members (excludes halogenated alkanes) is 6. The number of nitrogens with zero attached hydrogens (tertiary/aromatic N) is 3. The van der Waals surface area contributed by atoms with Crippen molar-refractivity contribution < 1.29 is 33.5 Å². The number of benzene rings is 1. The molecule has 0 spiro atoms. The Bertz CT molecular complexity index is 1570. The highest BCUT2D eigenvalue weighted by Gasteiger charge is 2.68. The molecule has 2 aliphatic heterocycles. The number of imide groups is 1. The van der Waals surface area contributed by atoms with Gasteiger partial charge in [0, 0.05) is 31.8 Å². The predicted octanol–water partition coefficient (Wildman–Crippen LogP) is 5.65. The predicted molar refractivity (Wildman–Crippen MR) is 209 cm³/mol. The minimum atomic E-state index is -0.780. The van der Waals surface area contributed by atoms with Gasteiger partial charge >= 0.3 is 7.12 Å². The van der Waals surface area contributed by atoms with E-state index in [9.17, 15) is 29.3 Å². The monoisotopic (exact) mass is 764 g/mol. The quantitative estimate of drug-likeness (QED) is 0.0252. The summed E-state index contributed by atoms with van der Waals surface area (Å²) in [5.74, 6) is -0.659. The largest absolute Gasteiger partial charge is 0.481 e. The SMILES string of the molecule is CC(C)C[C@H](NC(=O)[C@H](CCCN=C(N)N[N+](=O)[O-])CC(=O)CCCCCCCCCN1C(=O)c2ccccc2C1=O)B1O[C@@H]2C[C@H]3C[C@H](C3(C)C)[C@]2(C)O1. The van der Waals surface area contributed by atoms with Gasteiger partial charge in [-0.15, -0.1) is 0 Å². The van der Waals surface area contributed by atoms with E-state index in [2.05, 4.69) is 44.9 Å². The molecule has 2 heterocycles. The molecule has 302 valence electrons. The number of guanidine groups is 1. The number of hydrogen-bond acceptors (Lipinski definition) is 9. The zero-order valence-electron chi connectivity index (χ0n) is 33.3. The van der Waals surface area contributed by atoms with Gasteiger partial charge in [0.05, 0.1) is 28.8 Å². The minimum absolute atomic E-state index is 0.0148. The maximum Gasteiger partial charge on any atom is 0.481 e. The van der Waals surface area contributed by atoms with Crippen LogP contribution >= 0.6 is 0 Å². The van der Waals surface area contributed by atoms with Gasteiger partial charge in [-0.05, 0) is 87.2 Å². The molecule has 1 aromatic rings. The Labute approximate surface area is 325 Å². The zero-order valence-corrected chi connectivity index (χ0v) is 33.3. The van der Waals surface area contributed by atoms with Gasteiger partial charge in [0.15, 0.2) is 5.03 Å². The van der Waals surface area contributed by atoms with Crippen molar-refractivity contribution in [3.05, 3.63) is 45.5 Å². The van der Waals surface area contributed by atoms with Crippen LogP contribution in [-0.4, -0.2) is 77.3 Å². The molecule has 15 heteroatoms. The summed E-state index contributed by atoms with van der Waals surface area (Å²) >= 11 is 0. The standard InChI is InChI=1S/C40H61BN6O8/c1-26(2)22-34(41-54-33-25-28-24-32(39(28,3)4)40(33,5)55-41)44-35(49)27(16-15-20-43-38(42)45-47(52)53)23-29(48)17-11-9-7-6-8-10-14-21-46-36(50)30-18-12-13-19-31(30)37(46)51/h12-13,18-19,26-28,32-34H,6-11,14-17,20-25H2,1-5H3,(H,44,49)(H3,42,43,45)/t27-,28-,32-,33-,34+,40+/m1/s1. The summed E-state index contributed by atoms with van der Waals surface area (Å²) in [6.45, 7) is 11.6. The molecule has 14 nitrogen and oxygen atoms in total. The molecule has 2 bridgehead atoms. The number of nitrogens with two attached hydrogens (primary N) is 1. The molecule has 1 saturated heterocycles. The van der Waals surface area contributed by atoms with Gasteiger partial charge < -0.3 is 20.4 Å². The van der Waals surface area contributed by atoms with Crippen LogP contribution in [-0.2, 0) is 18.9 Å². The fourth-order valence-electron chi connectivity index (χ4n) is 9.40. The highest BCUT2D eigenvalue weighted by atomic mass is 16.7. The van der Waals surface area contributed by atoms with Crippen LogP contribution in [0.2, 0.25) is 0 Å². The molecule has 5 aliphatic rings. The molecule has 6 rings (SSSR count). The lowest BCUT2D eigenvalue weighted by molar-refractivity contribution is -0.525. The highest BCUT2D eigenvalue weighted by molar-refractivity contribution is 6.47. The lowest BCUT2D eigenvalue weighted by atomic mass is 9.43. The number of fused-ring (bicyclic) bond motifs is 1. The maximum absolute atomic E-state index is 14.0. The van der Waals surface area contributed by atoms with E-state index in [-0.39, 0.29) is 65.8 Å². The molecule has 1 aromatic carbocycles. The number of nitrogens with one attached hydrogen (secondary N) is 2. The second-order valence-electron chi connectivity index (χ2n) is 17.3. The maximum atomic E-state index is 14.0. The Hall–Kier alpha value is -3.85. The van der Waals surface area contributed by atoms with Crippen LogP contribution < -0.4 is 16.5 Å². The average molecular weight is 765 g/mol. The van der Waals surface area contributed by atoms with Crippen molar-refractivity contribution in [1.29, 1.82) is 0 Å². The van der Waals surface area contributed by atoms with Crippen molar-refractivity contribution in [3.63, 3.8) is 0 Å². The van der Waals surface area contributed by atoms with Crippen molar-refractivity contribution in [2.45, 2.75) is 142 Å². The number of aliphatic imine (C=N–C) groups is 1. The van der Waals surface area contributed by atoms with E-state index in [0.717, 1.165) is 57.8 Å². The Balaban J connectivity index is 1.07. The summed E-state index contributed by atoms with van der Waals surface area (Å²) in [6.07, 6.45) is 10.2. The van der Waals surface area contributed by atoms with Gasteiger partial charge in [0.2, 0.25) is 5.91 Å². The summed E-state index contributed by atoms with van der Waals surface area (Å²) < 4.78 is 13.3. The fourth-order valence-corrected chi connectivity index (χ4v) is 9.40. The first kappa shape index (κ1) is 42.3. The number of hydrazine groups is 1. The number of nitro groups is 1. The van der Waals surface area contributed by atoms with Crippen LogP contribution in [0.4, 0.5) is 0 Å². The molecular formula is C40H61BN6O8. The van der Waals surface area contributed by atoms with Crippen LogP contribution in [0.15, 0.2) is 29.3 Å². The first-order valence-electron chi connectivity index (χ1n) is 20.4. The summed E-state index contributed by atoms with van der Waals surface area (Å²) in [5, 5.41) is 13.1. The van der Waals surface area contributed by atoms with Gasteiger partial charge in [0.1, 0.15) is 5.78 Å². The average Bonchev–Trinajstić information content (AvgIpc) is 3.60. The van der Waals surface area contributed by atoms with Crippen molar-refractivity contribution >= 4 is 36.6 Å². The number of ketones is 1. The van der Waals surface area contributed by atoms with E-state index in [1.54, 1.807) is 24.3 Å². The van der Waals surface area contributed by atoms with Gasteiger partial charge in [0.25, 0.3) is 17.8 Å². The van der Waals surface area contributed by atoms with E-state index in [1.807, 2.05) is 5.43 Å². The number of amides is 3. The zero-order chi connectivity index (χ0) is 39.9. The first-order valence-corrected chi connectivity index (χ1v) is 20.4. The highest BCUT2D eigenvalue weighted by Crippen LogP contribution is 2.65. The van der Waals surface area contributed by atoms with E-state index in [0.29, 0.717) is 55.2 Å². The summed E-state index contributed by atoms with van der Waals surface area (Å²) in [5.41, 5.74) is 8.15. The molecule has 0 aromatic heterocycles. The van der Waals surface area contributed by atoms with Crippen molar-refractivity contribution in [1.82, 2.24) is 15.6 Å². The third-order valence-corrected chi connectivity index (χ3v) is 12.6. The van der Waals surface area contributed by atoms with E-state index >= 15 is 0 Å². The van der Waals surface area contributed by atoms with E-state index < -0.39 is 23.7 Å². The molecule has 3 saturated carbocycles. The normalized spacial score (nSPS) is 25.0. The van der Waals surface area contributed by atoms with Crippen LogP contribution in [0.1, 0.15) is 145 Å². The number of rotatable bonds is 22.